The van der Waals surface area contributed by atoms with Crippen LogP contribution in [0, 0.1) is 0 Å². The second-order valence-corrected chi connectivity index (χ2v) is 3.62. The fourth-order valence-corrected chi connectivity index (χ4v) is 1.57. The lowest BCUT2D eigenvalue weighted by atomic mass is 10.2. The fraction of sp³-hybridized carbons (Fsp3) is 0.308. The minimum Gasteiger partial charge on any atom is -0.377 e. The van der Waals surface area contributed by atoms with Crippen LogP contribution in [0.2, 0.25) is 0 Å². The highest BCUT2D eigenvalue weighted by Gasteiger charge is 1.94. The minimum atomic E-state index is -0.0249. The summed E-state index contributed by atoms with van der Waals surface area (Å²) in [6, 6.07) is 9.40. The fourth-order valence-electron chi connectivity index (χ4n) is 1.57. The van der Waals surface area contributed by atoms with Crippen molar-refractivity contribution in [3.63, 3.8) is 0 Å². The summed E-state index contributed by atoms with van der Waals surface area (Å²) in [6.07, 6.45) is 1.66. The first-order valence-electron chi connectivity index (χ1n) is 5.60. The number of hydrogen-bond donors (Lipinski definition) is 1. The maximum atomic E-state index is 11.1. The molecule has 1 N–H and O–H groups in total. The average molecular weight is 233 g/mol. The van der Waals surface area contributed by atoms with Gasteiger partial charge in [0.25, 0.3) is 5.56 Å². The normalized spacial score (nSPS) is 15.1. The van der Waals surface area contributed by atoms with E-state index in [0.29, 0.717) is 0 Å². The molecule has 1 aromatic heterocycles. The SMILES string of the molecule is C1COCCO1.O=c1[nH]ccc2ccccc12. The number of nitrogens with one attached hydrogen (secondary N) is 1. The molecule has 0 saturated carbocycles. The van der Waals surface area contributed by atoms with Crippen LogP contribution in [0.3, 0.4) is 0 Å². The van der Waals surface area contributed by atoms with Gasteiger partial charge in [-0.25, -0.2) is 0 Å². The summed E-state index contributed by atoms with van der Waals surface area (Å²) in [5.41, 5.74) is -0.0249. The third-order valence-corrected chi connectivity index (χ3v) is 2.43. The lowest BCUT2D eigenvalue weighted by molar-refractivity contribution is -0.0334. The summed E-state index contributed by atoms with van der Waals surface area (Å²) in [5.74, 6) is 0. The maximum absolute atomic E-state index is 11.1. The minimum absolute atomic E-state index is 0.0249. The smallest absolute Gasteiger partial charge is 0.255 e. The summed E-state index contributed by atoms with van der Waals surface area (Å²) in [5, 5.41) is 1.73. The summed E-state index contributed by atoms with van der Waals surface area (Å²) in [6.45, 7) is 3.11. The number of fused-ring (bicyclic) bond motifs is 1. The molecular formula is C13H15NO3. The van der Waals surface area contributed by atoms with Gasteiger partial charge in [-0.05, 0) is 17.5 Å². The Kier molecular flexibility index (Phi) is 4.30. The van der Waals surface area contributed by atoms with E-state index in [0.717, 1.165) is 37.2 Å². The van der Waals surface area contributed by atoms with Crippen molar-refractivity contribution in [2.75, 3.05) is 26.4 Å². The molecule has 0 spiro atoms. The molecule has 0 unspecified atom stereocenters. The van der Waals surface area contributed by atoms with Crippen LogP contribution >= 0.6 is 0 Å². The molecule has 90 valence electrons. The van der Waals surface area contributed by atoms with E-state index in [9.17, 15) is 4.79 Å². The molecule has 3 rings (SSSR count). The number of ether oxygens (including phenoxy) is 2. The quantitative estimate of drug-likeness (QED) is 0.751. The van der Waals surface area contributed by atoms with E-state index < -0.39 is 0 Å². The molecule has 0 atom stereocenters. The number of H-pyrrole nitrogens is 1. The van der Waals surface area contributed by atoms with Crippen LogP contribution in [0.1, 0.15) is 0 Å². The van der Waals surface area contributed by atoms with Crippen molar-refractivity contribution in [3.05, 3.63) is 46.9 Å². The van der Waals surface area contributed by atoms with Crippen LogP contribution in [0.15, 0.2) is 41.3 Å². The van der Waals surface area contributed by atoms with Crippen molar-refractivity contribution < 1.29 is 9.47 Å². The van der Waals surface area contributed by atoms with Crippen molar-refractivity contribution in [3.8, 4) is 0 Å². The van der Waals surface area contributed by atoms with Gasteiger partial charge in [-0.2, -0.15) is 0 Å². The Bertz CT molecular complexity index is 500. The van der Waals surface area contributed by atoms with E-state index in [-0.39, 0.29) is 5.56 Å². The molecule has 0 amide bonds. The zero-order chi connectivity index (χ0) is 11.9. The number of aromatic nitrogens is 1. The third-order valence-electron chi connectivity index (χ3n) is 2.43. The summed E-state index contributed by atoms with van der Waals surface area (Å²) in [4.78, 5) is 13.7. The summed E-state index contributed by atoms with van der Waals surface area (Å²) >= 11 is 0. The van der Waals surface area contributed by atoms with Crippen molar-refractivity contribution >= 4 is 10.8 Å². The molecule has 4 nitrogen and oxygen atoms in total. The van der Waals surface area contributed by atoms with E-state index in [1.807, 2.05) is 30.3 Å². The molecule has 2 heterocycles. The topological polar surface area (TPSA) is 51.3 Å². The lowest BCUT2D eigenvalue weighted by Gasteiger charge is -2.09. The standard InChI is InChI=1S/C9H7NO.C4H8O2/c11-9-8-4-2-1-3-7(8)5-6-10-9;1-2-6-4-3-5-1/h1-6H,(H,10,11);1-4H2. The monoisotopic (exact) mass is 233 g/mol. The Balaban J connectivity index is 0.000000153. The third kappa shape index (κ3) is 3.41. The van der Waals surface area contributed by atoms with Gasteiger partial charge in [0, 0.05) is 11.6 Å². The maximum Gasteiger partial charge on any atom is 0.255 e. The first-order valence-corrected chi connectivity index (χ1v) is 5.60. The Hall–Kier alpha value is -1.65. The van der Waals surface area contributed by atoms with E-state index in [4.69, 9.17) is 9.47 Å². The molecular weight excluding hydrogens is 218 g/mol. The number of pyridine rings is 1. The predicted octanol–water partition coefficient (Wildman–Crippen LogP) is 1.56. The molecule has 1 aliphatic rings. The Morgan fingerprint density at radius 1 is 0.941 bits per heavy atom. The molecule has 1 fully saturated rings. The number of rotatable bonds is 0. The molecule has 1 aromatic carbocycles. The first kappa shape index (κ1) is 11.8. The van der Waals surface area contributed by atoms with Crippen LogP contribution in [0.4, 0.5) is 0 Å². The average Bonchev–Trinajstić information content (AvgIpc) is 2.42. The Morgan fingerprint density at radius 2 is 1.59 bits per heavy atom. The highest BCUT2D eigenvalue weighted by molar-refractivity contribution is 5.80. The van der Waals surface area contributed by atoms with E-state index in [1.54, 1.807) is 6.20 Å². The van der Waals surface area contributed by atoms with Crippen molar-refractivity contribution in [1.82, 2.24) is 4.98 Å². The second kappa shape index (κ2) is 6.18. The van der Waals surface area contributed by atoms with E-state index in [1.165, 1.54) is 0 Å². The molecule has 1 saturated heterocycles. The van der Waals surface area contributed by atoms with Crippen molar-refractivity contribution in [2.45, 2.75) is 0 Å². The van der Waals surface area contributed by atoms with Gasteiger partial charge in [-0.15, -0.1) is 0 Å². The molecule has 0 radical (unpaired) electrons. The van der Waals surface area contributed by atoms with Gasteiger partial charge in [-0.1, -0.05) is 18.2 Å². The first-order chi connectivity index (χ1) is 8.38. The largest absolute Gasteiger partial charge is 0.377 e. The van der Waals surface area contributed by atoms with Crippen molar-refractivity contribution in [2.24, 2.45) is 0 Å². The highest BCUT2D eigenvalue weighted by atomic mass is 16.6. The Morgan fingerprint density at radius 3 is 2.18 bits per heavy atom. The second-order valence-electron chi connectivity index (χ2n) is 3.62. The molecule has 0 aliphatic carbocycles. The molecule has 0 bridgehead atoms. The molecule has 17 heavy (non-hydrogen) atoms. The van der Waals surface area contributed by atoms with Gasteiger partial charge in [0.2, 0.25) is 0 Å². The summed E-state index contributed by atoms with van der Waals surface area (Å²) in [7, 11) is 0. The lowest BCUT2D eigenvalue weighted by Crippen LogP contribution is -2.16. The highest BCUT2D eigenvalue weighted by Crippen LogP contribution is 2.05. The van der Waals surface area contributed by atoms with Crippen LogP contribution in [0.25, 0.3) is 10.8 Å². The number of hydrogen-bond acceptors (Lipinski definition) is 3. The van der Waals surface area contributed by atoms with Gasteiger partial charge >= 0.3 is 0 Å². The zero-order valence-corrected chi connectivity index (χ0v) is 9.52. The molecule has 2 aromatic rings. The van der Waals surface area contributed by atoms with Gasteiger partial charge < -0.3 is 14.5 Å². The number of aromatic amines is 1. The molecule has 1 aliphatic heterocycles. The van der Waals surface area contributed by atoms with Crippen LogP contribution < -0.4 is 5.56 Å². The Labute approximate surface area is 99.2 Å². The van der Waals surface area contributed by atoms with Gasteiger partial charge in [0.15, 0.2) is 0 Å². The molecule has 4 heteroatoms. The van der Waals surface area contributed by atoms with Crippen LogP contribution in [0.5, 0.6) is 0 Å². The van der Waals surface area contributed by atoms with Crippen molar-refractivity contribution in [1.29, 1.82) is 0 Å². The van der Waals surface area contributed by atoms with E-state index in [2.05, 4.69) is 4.98 Å². The van der Waals surface area contributed by atoms with Gasteiger partial charge in [-0.3, -0.25) is 4.79 Å². The number of benzene rings is 1. The van der Waals surface area contributed by atoms with Crippen LogP contribution in [-0.4, -0.2) is 31.4 Å². The van der Waals surface area contributed by atoms with Gasteiger partial charge in [0.1, 0.15) is 0 Å². The zero-order valence-electron chi connectivity index (χ0n) is 9.52. The predicted molar refractivity (Wildman–Crippen MR) is 66.2 cm³/mol. The summed E-state index contributed by atoms with van der Waals surface area (Å²) < 4.78 is 9.89. The van der Waals surface area contributed by atoms with Crippen LogP contribution in [-0.2, 0) is 9.47 Å². The van der Waals surface area contributed by atoms with Gasteiger partial charge in [0.05, 0.1) is 26.4 Å². The van der Waals surface area contributed by atoms with E-state index >= 15 is 0 Å².